The van der Waals surface area contributed by atoms with Crippen molar-refractivity contribution in [2.24, 2.45) is 0 Å². The summed E-state index contributed by atoms with van der Waals surface area (Å²) in [4.78, 5) is 0. The predicted molar refractivity (Wildman–Crippen MR) is 38.2 cm³/mol. The van der Waals surface area contributed by atoms with Crippen LogP contribution >= 0.6 is 11.9 Å². The second-order valence-corrected chi connectivity index (χ2v) is 3.91. The van der Waals surface area contributed by atoms with Crippen LogP contribution < -0.4 is 0 Å². The summed E-state index contributed by atoms with van der Waals surface area (Å²) in [5, 5.41) is 0. The lowest BCUT2D eigenvalue weighted by molar-refractivity contribution is 0.0700. The Hall–Kier alpha value is 0.120. The average Bonchev–Trinajstić information content (AvgIpc) is 2.06. The minimum Gasteiger partial charge on any atom is -0.379 e. The second-order valence-electron chi connectivity index (χ2n) is 2.03. The third-order valence-corrected chi connectivity index (χ3v) is 3.00. The predicted octanol–water partition coefficient (Wildman–Crippen LogP) is -0.266. The smallest absolute Gasteiger partial charge is 0.354 e. The number of rotatable bonds is 2. The van der Waals surface area contributed by atoms with Gasteiger partial charge in [-0.25, -0.2) is 0 Å². The van der Waals surface area contributed by atoms with Crippen molar-refractivity contribution in [3.05, 3.63) is 0 Å². The molecule has 1 fully saturated rings. The first-order valence-corrected chi connectivity index (χ1v) is 4.72. The van der Waals surface area contributed by atoms with Gasteiger partial charge >= 0.3 is 10.3 Å². The molecule has 0 aromatic heterocycles. The zero-order chi connectivity index (χ0) is 8.32. The lowest BCUT2D eigenvalue weighted by Crippen LogP contribution is -2.40. The number of hydrogen-bond donors (Lipinski definition) is 0. The van der Waals surface area contributed by atoms with E-state index >= 15 is 0 Å². The van der Waals surface area contributed by atoms with E-state index in [1.165, 1.54) is 0 Å². The number of morpholine rings is 1. The highest BCUT2D eigenvalue weighted by molar-refractivity contribution is 7.85. The Labute approximate surface area is 70.3 Å². The molecule has 0 radical (unpaired) electrons. The Morgan fingerprint density at radius 2 is 1.91 bits per heavy atom. The maximum absolute atomic E-state index is 10.9. The van der Waals surface area contributed by atoms with Crippen LogP contribution in [-0.2, 0) is 18.8 Å². The molecule has 0 aromatic rings. The molecule has 0 atom stereocenters. The molecular weight excluding hydrogens is 194 g/mol. The average molecular weight is 202 g/mol. The third kappa shape index (κ3) is 2.28. The summed E-state index contributed by atoms with van der Waals surface area (Å²) in [5.74, 6) is 0. The molecule has 0 spiro atoms. The molecular formula is C4H8ClNO4S. The zero-order valence-electron chi connectivity index (χ0n) is 5.69. The molecule has 1 rings (SSSR count). The number of hydrogen-bond acceptors (Lipinski definition) is 4. The summed E-state index contributed by atoms with van der Waals surface area (Å²) < 4.78 is 31.6. The standard InChI is InChI=1S/C4H8ClNO4S/c5-10-11(7,8)6-1-3-9-4-2-6/h1-4H2. The highest BCUT2D eigenvalue weighted by Crippen LogP contribution is 2.07. The third-order valence-electron chi connectivity index (χ3n) is 1.37. The Bertz CT molecular complexity index is 210. The van der Waals surface area contributed by atoms with Gasteiger partial charge in [0.25, 0.3) is 0 Å². The summed E-state index contributed by atoms with van der Waals surface area (Å²) >= 11 is 4.76. The van der Waals surface area contributed by atoms with Gasteiger partial charge in [-0.05, 0) is 0 Å². The van der Waals surface area contributed by atoms with Crippen molar-refractivity contribution in [2.45, 2.75) is 0 Å². The molecule has 1 aliphatic rings. The molecule has 1 saturated heterocycles. The topological polar surface area (TPSA) is 55.8 Å². The van der Waals surface area contributed by atoms with Crippen molar-refractivity contribution < 1.29 is 16.9 Å². The van der Waals surface area contributed by atoms with E-state index in [1.54, 1.807) is 0 Å². The van der Waals surface area contributed by atoms with Crippen LogP contribution in [0.3, 0.4) is 0 Å². The fraction of sp³-hybridized carbons (Fsp3) is 1.00. The highest BCUT2D eigenvalue weighted by Gasteiger charge is 2.24. The summed E-state index contributed by atoms with van der Waals surface area (Å²) in [6, 6.07) is 0. The van der Waals surface area contributed by atoms with E-state index in [-0.39, 0.29) is 0 Å². The van der Waals surface area contributed by atoms with E-state index in [9.17, 15) is 8.42 Å². The van der Waals surface area contributed by atoms with Crippen LogP contribution in [-0.4, -0.2) is 39.0 Å². The maximum atomic E-state index is 10.9. The van der Waals surface area contributed by atoms with Gasteiger partial charge in [0.2, 0.25) is 0 Å². The molecule has 1 aliphatic heterocycles. The van der Waals surface area contributed by atoms with Crippen molar-refractivity contribution in [3.8, 4) is 0 Å². The van der Waals surface area contributed by atoms with Gasteiger partial charge in [0.05, 0.1) is 25.1 Å². The summed E-state index contributed by atoms with van der Waals surface area (Å²) in [7, 11) is -3.70. The monoisotopic (exact) mass is 201 g/mol. The van der Waals surface area contributed by atoms with E-state index in [0.29, 0.717) is 26.3 Å². The van der Waals surface area contributed by atoms with Gasteiger partial charge in [-0.3, -0.25) is 0 Å². The molecule has 11 heavy (non-hydrogen) atoms. The highest BCUT2D eigenvalue weighted by atomic mass is 35.5. The Balaban J connectivity index is 2.58. The molecule has 0 saturated carbocycles. The molecule has 66 valence electrons. The van der Waals surface area contributed by atoms with Gasteiger partial charge in [0.1, 0.15) is 0 Å². The Kier molecular flexibility index (Phi) is 3.08. The van der Waals surface area contributed by atoms with Crippen LogP contribution in [0.4, 0.5) is 0 Å². The van der Waals surface area contributed by atoms with Gasteiger partial charge in [-0.15, -0.1) is 3.74 Å². The largest absolute Gasteiger partial charge is 0.379 e. The van der Waals surface area contributed by atoms with Gasteiger partial charge in [-0.1, -0.05) is 0 Å². The molecule has 5 nitrogen and oxygen atoms in total. The van der Waals surface area contributed by atoms with E-state index in [1.807, 2.05) is 0 Å². The minimum atomic E-state index is -3.70. The number of nitrogens with zero attached hydrogens (tertiary/aromatic N) is 1. The first-order chi connectivity index (χ1) is 5.17. The van der Waals surface area contributed by atoms with Crippen LogP contribution in [0, 0.1) is 0 Å². The lowest BCUT2D eigenvalue weighted by atomic mass is 10.5. The van der Waals surface area contributed by atoms with Gasteiger partial charge in [0.15, 0.2) is 0 Å². The van der Waals surface area contributed by atoms with Crippen molar-refractivity contribution in [2.75, 3.05) is 26.3 Å². The summed E-state index contributed by atoms with van der Waals surface area (Å²) in [6.07, 6.45) is 0. The fourth-order valence-electron chi connectivity index (χ4n) is 0.810. The molecule has 0 unspecified atom stereocenters. The number of ether oxygens (including phenoxy) is 1. The minimum absolute atomic E-state index is 0.301. The van der Waals surface area contributed by atoms with Crippen molar-refractivity contribution in [1.82, 2.24) is 4.31 Å². The van der Waals surface area contributed by atoms with Crippen molar-refractivity contribution in [1.29, 1.82) is 0 Å². The molecule has 0 bridgehead atoms. The van der Waals surface area contributed by atoms with E-state index in [4.69, 9.17) is 16.6 Å². The van der Waals surface area contributed by atoms with Crippen LogP contribution in [0.1, 0.15) is 0 Å². The first-order valence-electron chi connectivity index (χ1n) is 3.05. The maximum Gasteiger partial charge on any atom is 0.354 e. The van der Waals surface area contributed by atoms with E-state index in [2.05, 4.69) is 3.74 Å². The quantitative estimate of drug-likeness (QED) is 0.618. The van der Waals surface area contributed by atoms with Crippen molar-refractivity contribution in [3.63, 3.8) is 0 Å². The summed E-state index contributed by atoms with van der Waals surface area (Å²) in [6.45, 7) is 1.38. The molecule has 1 heterocycles. The summed E-state index contributed by atoms with van der Waals surface area (Å²) in [5.41, 5.74) is 0. The zero-order valence-corrected chi connectivity index (χ0v) is 7.27. The normalized spacial score (nSPS) is 21.9. The lowest BCUT2D eigenvalue weighted by Gasteiger charge is -2.23. The van der Waals surface area contributed by atoms with Crippen LogP contribution in [0.15, 0.2) is 0 Å². The number of halogens is 1. The van der Waals surface area contributed by atoms with Gasteiger partial charge in [0, 0.05) is 13.1 Å². The van der Waals surface area contributed by atoms with E-state index < -0.39 is 10.3 Å². The van der Waals surface area contributed by atoms with Crippen molar-refractivity contribution >= 4 is 22.2 Å². The first kappa shape index (κ1) is 9.21. The molecule has 7 heteroatoms. The van der Waals surface area contributed by atoms with Crippen LogP contribution in [0.2, 0.25) is 0 Å². The molecule has 0 aromatic carbocycles. The SMILES string of the molecule is O=S(=O)(OCl)N1CCOCC1. The molecule has 0 N–H and O–H groups in total. The Morgan fingerprint density at radius 1 is 1.36 bits per heavy atom. The Morgan fingerprint density at radius 3 is 2.36 bits per heavy atom. The molecule has 0 aliphatic carbocycles. The van der Waals surface area contributed by atoms with E-state index in [0.717, 1.165) is 4.31 Å². The second kappa shape index (κ2) is 3.68. The van der Waals surface area contributed by atoms with Gasteiger partial charge in [-0.2, -0.15) is 12.7 Å². The van der Waals surface area contributed by atoms with Crippen LogP contribution in [0.25, 0.3) is 0 Å². The van der Waals surface area contributed by atoms with Gasteiger partial charge < -0.3 is 4.74 Å². The fourth-order valence-corrected chi connectivity index (χ4v) is 1.73. The van der Waals surface area contributed by atoms with Crippen LogP contribution in [0.5, 0.6) is 0 Å². The molecule has 0 amide bonds.